The summed E-state index contributed by atoms with van der Waals surface area (Å²) in [5.41, 5.74) is 7.02. The second-order valence-electron chi connectivity index (χ2n) is 6.79. The Bertz CT molecular complexity index is 974. The highest BCUT2D eigenvalue weighted by Crippen LogP contribution is 2.31. The highest BCUT2D eigenvalue weighted by molar-refractivity contribution is 6.02. The monoisotopic (exact) mass is 356 g/mol. The fourth-order valence-electron chi connectivity index (χ4n) is 3.59. The van der Waals surface area contributed by atoms with Crippen molar-refractivity contribution < 1.29 is 4.79 Å². The van der Waals surface area contributed by atoms with Crippen LogP contribution in [0.25, 0.3) is 0 Å². The van der Waals surface area contributed by atoms with Crippen LogP contribution in [0.2, 0.25) is 0 Å². The van der Waals surface area contributed by atoms with Gasteiger partial charge in [0, 0.05) is 25.3 Å². The predicted molar refractivity (Wildman–Crippen MR) is 102 cm³/mol. The third-order valence-corrected chi connectivity index (χ3v) is 4.97. The summed E-state index contributed by atoms with van der Waals surface area (Å²) in [4.78, 5) is 39.8. The van der Waals surface area contributed by atoms with Gasteiger partial charge in [0.15, 0.2) is 5.78 Å². The molecular weight excluding hydrogens is 332 g/mol. The van der Waals surface area contributed by atoms with Crippen LogP contribution in [0.4, 0.5) is 11.5 Å². The van der Waals surface area contributed by atoms with Crippen LogP contribution in [0.5, 0.6) is 0 Å². The van der Waals surface area contributed by atoms with Crippen LogP contribution in [0.1, 0.15) is 36.2 Å². The van der Waals surface area contributed by atoms with E-state index < -0.39 is 11.2 Å². The number of hydrogen-bond acceptors (Lipinski definition) is 5. The number of carbonyl (C=O) groups is 1. The Morgan fingerprint density at radius 3 is 2.65 bits per heavy atom. The molecule has 2 aromatic rings. The molecule has 0 spiro atoms. The molecule has 0 aliphatic carbocycles. The molecule has 138 valence electrons. The fraction of sp³-hybridized carbons (Fsp3) is 0.421. The van der Waals surface area contributed by atoms with E-state index in [-0.39, 0.29) is 29.8 Å². The van der Waals surface area contributed by atoms with Gasteiger partial charge in [-0.2, -0.15) is 0 Å². The number of benzene rings is 1. The van der Waals surface area contributed by atoms with E-state index in [1.54, 1.807) is 0 Å². The third kappa shape index (κ3) is 2.83. The Hall–Kier alpha value is -2.83. The smallest absolute Gasteiger partial charge is 0.332 e. The van der Waals surface area contributed by atoms with Gasteiger partial charge in [-0.05, 0) is 31.4 Å². The lowest BCUT2D eigenvalue weighted by Gasteiger charge is -2.24. The average molecular weight is 356 g/mol. The molecule has 1 aliphatic rings. The summed E-state index contributed by atoms with van der Waals surface area (Å²) in [6.45, 7) is 4.37. The maximum atomic E-state index is 13.0. The standard InChI is InChI=1S/C19H24N4O3/c1-4-9-22-17(20)16(18(25)21(3)19(22)26)15(24)11-23-12(2)10-13-7-5-6-8-14(13)23/h5-8,12H,4,9-11,20H2,1-3H3. The quantitative estimate of drug-likeness (QED) is 0.812. The first-order valence-electron chi connectivity index (χ1n) is 8.83. The van der Waals surface area contributed by atoms with Crippen LogP contribution in [-0.4, -0.2) is 27.5 Å². The lowest BCUT2D eigenvalue weighted by molar-refractivity contribution is 0.0995. The van der Waals surface area contributed by atoms with Gasteiger partial charge in [-0.1, -0.05) is 25.1 Å². The second-order valence-corrected chi connectivity index (χ2v) is 6.79. The van der Waals surface area contributed by atoms with E-state index in [1.807, 2.05) is 43.0 Å². The molecule has 0 saturated carbocycles. The number of para-hydroxylation sites is 1. The normalized spacial score (nSPS) is 16.0. The van der Waals surface area contributed by atoms with E-state index in [4.69, 9.17) is 5.73 Å². The van der Waals surface area contributed by atoms with Crippen molar-refractivity contribution in [3.8, 4) is 0 Å². The molecule has 2 heterocycles. The maximum absolute atomic E-state index is 13.0. The van der Waals surface area contributed by atoms with E-state index in [0.717, 1.165) is 16.7 Å². The number of hydrogen-bond donors (Lipinski definition) is 1. The predicted octanol–water partition coefficient (Wildman–Crippen LogP) is 1.17. The van der Waals surface area contributed by atoms with Crippen LogP contribution in [0.3, 0.4) is 0 Å². The SMILES string of the molecule is CCCn1c(N)c(C(=O)CN2c3ccccc3CC2C)c(=O)n(C)c1=O. The highest BCUT2D eigenvalue weighted by Gasteiger charge is 2.29. The van der Waals surface area contributed by atoms with Gasteiger partial charge in [-0.15, -0.1) is 0 Å². The molecule has 0 fully saturated rings. The molecule has 1 aromatic heterocycles. The minimum Gasteiger partial charge on any atom is -0.384 e. The first-order valence-corrected chi connectivity index (χ1v) is 8.83. The van der Waals surface area contributed by atoms with Crippen LogP contribution >= 0.6 is 0 Å². The van der Waals surface area contributed by atoms with Gasteiger partial charge >= 0.3 is 5.69 Å². The fourth-order valence-corrected chi connectivity index (χ4v) is 3.59. The number of nitrogens with zero attached hydrogens (tertiary/aromatic N) is 3. The number of fused-ring (bicyclic) bond motifs is 1. The third-order valence-electron chi connectivity index (χ3n) is 4.97. The molecule has 0 radical (unpaired) electrons. The van der Waals surface area contributed by atoms with Crippen LogP contribution in [0.15, 0.2) is 33.9 Å². The number of anilines is 2. The summed E-state index contributed by atoms with van der Waals surface area (Å²) in [6, 6.07) is 8.09. The lowest BCUT2D eigenvalue weighted by atomic mass is 10.1. The Kier molecular flexibility index (Phi) is 4.71. The van der Waals surface area contributed by atoms with Gasteiger partial charge < -0.3 is 10.6 Å². The van der Waals surface area contributed by atoms with Crippen molar-refractivity contribution in [3.63, 3.8) is 0 Å². The molecule has 26 heavy (non-hydrogen) atoms. The Morgan fingerprint density at radius 1 is 1.27 bits per heavy atom. The number of rotatable bonds is 5. The molecule has 0 bridgehead atoms. The van der Waals surface area contributed by atoms with Crippen molar-refractivity contribution >= 4 is 17.3 Å². The summed E-state index contributed by atoms with van der Waals surface area (Å²) in [6.07, 6.45) is 1.53. The highest BCUT2D eigenvalue weighted by atomic mass is 16.2. The number of aromatic nitrogens is 2. The van der Waals surface area contributed by atoms with Gasteiger partial charge in [-0.25, -0.2) is 4.79 Å². The number of carbonyl (C=O) groups excluding carboxylic acids is 1. The average Bonchev–Trinajstić information content (AvgIpc) is 2.93. The molecule has 0 amide bonds. The van der Waals surface area contributed by atoms with Crippen molar-refractivity contribution in [2.45, 2.75) is 39.3 Å². The van der Waals surface area contributed by atoms with E-state index in [2.05, 4.69) is 0 Å². The Labute approximate surface area is 151 Å². The second kappa shape index (κ2) is 6.82. The first-order chi connectivity index (χ1) is 12.4. The topological polar surface area (TPSA) is 90.3 Å². The van der Waals surface area contributed by atoms with Gasteiger partial charge in [-0.3, -0.25) is 18.7 Å². The molecule has 7 nitrogen and oxygen atoms in total. The van der Waals surface area contributed by atoms with Gasteiger partial charge in [0.2, 0.25) is 0 Å². The van der Waals surface area contributed by atoms with E-state index in [9.17, 15) is 14.4 Å². The van der Waals surface area contributed by atoms with Crippen molar-refractivity contribution in [1.82, 2.24) is 9.13 Å². The molecule has 2 N–H and O–H groups in total. The minimum absolute atomic E-state index is 0.0370. The van der Waals surface area contributed by atoms with Gasteiger partial charge in [0.25, 0.3) is 5.56 Å². The molecule has 1 atom stereocenters. The Balaban J connectivity index is 2.01. The van der Waals surface area contributed by atoms with Gasteiger partial charge in [0.1, 0.15) is 11.4 Å². The molecule has 3 rings (SSSR count). The first kappa shape index (κ1) is 18.0. The number of Topliss-reactive ketones (excluding diaryl/α,β-unsaturated/α-hetero) is 1. The molecule has 7 heteroatoms. The van der Waals surface area contributed by atoms with Crippen LogP contribution < -0.4 is 21.9 Å². The van der Waals surface area contributed by atoms with Crippen LogP contribution in [-0.2, 0) is 20.0 Å². The number of ketones is 1. The molecule has 0 saturated heterocycles. The molecular formula is C19H24N4O3. The number of nitrogen functional groups attached to an aromatic ring is 1. The van der Waals surface area contributed by atoms with Crippen molar-refractivity contribution in [2.24, 2.45) is 7.05 Å². The zero-order valence-electron chi connectivity index (χ0n) is 15.4. The van der Waals surface area contributed by atoms with E-state index in [1.165, 1.54) is 17.2 Å². The summed E-state index contributed by atoms with van der Waals surface area (Å²) in [7, 11) is 1.38. The Morgan fingerprint density at radius 2 is 1.96 bits per heavy atom. The maximum Gasteiger partial charge on any atom is 0.332 e. The lowest BCUT2D eigenvalue weighted by Crippen LogP contribution is -2.44. The minimum atomic E-state index is -0.634. The van der Waals surface area contributed by atoms with Crippen molar-refractivity contribution in [1.29, 1.82) is 0 Å². The summed E-state index contributed by atoms with van der Waals surface area (Å²) in [5, 5.41) is 0. The molecule has 1 aliphatic heterocycles. The largest absolute Gasteiger partial charge is 0.384 e. The van der Waals surface area contributed by atoms with E-state index in [0.29, 0.717) is 13.0 Å². The van der Waals surface area contributed by atoms with Crippen molar-refractivity contribution in [2.75, 3.05) is 17.2 Å². The van der Waals surface area contributed by atoms with Crippen molar-refractivity contribution in [3.05, 3.63) is 56.2 Å². The number of nitrogens with two attached hydrogens (primary N) is 1. The summed E-state index contributed by atoms with van der Waals surface area (Å²) < 4.78 is 2.26. The molecule has 1 aromatic carbocycles. The summed E-state index contributed by atoms with van der Waals surface area (Å²) in [5.74, 6) is -0.401. The zero-order valence-corrected chi connectivity index (χ0v) is 15.4. The molecule has 1 unspecified atom stereocenters. The zero-order chi connectivity index (χ0) is 19.0. The van der Waals surface area contributed by atoms with E-state index >= 15 is 0 Å². The van der Waals surface area contributed by atoms with Gasteiger partial charge in [0.05, 0.1) is 6.54 Å². The summed E-state index contributed by atoms with van der Waals surface area (Å²) >= 11 is 0. The van der Waals surface area contributed by atoms with Crippen LogP contribution in [0, 0.1) is 0 Å².